The van der Waals surface area contributed by atoms with E-state index in [-0.39, 0.29) is 0 Å². The summed E-state index contributed by atoms with van der Waals surface area (Å²) in [5.41, 5.74) is 0. The molecule has 0 atom stereocenters. The maximum absolute atomic E-state index is 9.98. The van der Waals surface area contributed by atoms with Crippen molar-refractivity contribution >= 4 is 11.7 Å². The zero-order valence-electron chi connectivity index (χ0n) is 3.68. The Morgan fingerprint density at radius 2 is 2.29 bits per heavy atom. The lowest BCUT2D eigenvalue weighted by molar-refractivity contribution is -0.110. The molecule has 36 valence electrons. The van der Waals surface area contributed by atoms with Gasteiger partial charge in [0.05, 0.1) is 6.08 Å². The van der Waals surface area contributed by atoms with Gasteiger partial charge in [-0.25, -0.2) is 4.79 Å². The Bertz CT molecular complexity index is 129. The Hall–Kier alpha value is -1.14. The van der Waals surface area contributed by atoms with Crippen molar-refractivity contribution in [1.82, 2.24) is 0 Å². The highest BCUT2D eigenvalue weighted by atomic mass is 16.1. The van der Waals surface area contributed by atoms with Crippen molar-refractivity contribution in [3.63, 3.8) is 0 Å². The quantitative estimate of drug-likeness (QED) is 0.361. The molecule has 2 heteroatoms. The highest BCUT2D eigenvalue weighted by Gasteiger charge is 1.80. The van der Waals surface area contributed by atoms with Crippen LogP contribution in [0.4, 0.5) is 0 Å². The number of allylic oxidation sites excluding steroid dienone is 2. The van der Waals surface area contributed by atoms with Gasteiger partial charge in [-0.3, -0.25) is 4.79 Å². The molecule has 0 fully saturated rings. The summed E-state index contributed by atoms with van der Waals surface area (Å²) < 4.78 is 0. The molecule has 0 amide bonds. The lowest BCUT2D eigenvalue weighted by Crippen LogP contribution is -1.81. The molecule has 0 aromatic rings. The van der Waals surface area contributed by atoms with Crippen LogP contribution in [-0.2, 0) is 9.59 Å². The van der Waals surface area contributed by atoms with Gasteiger partial charge < -0.3 is 0 Å². The Labute approximate surface area is 41.1 Å². The average Bonchev–Trinajstić information content (AvgIpc) is 1.68. The molecule has 0 aromatic heterocycles. The maximum Gasteiger partial charge on any atom is 0.188 e. The second kappa shape index (κ2) is 3.07. The van der Waals surface area contributed by atoms with E-state index in [1.165, 1.54) is 5.94 Å². The Morgan fingerprint density at radius 3 is 2.43 bits per heavy atom. The summed E-state index contributed by atoms with van der Waals surface area (Å²) in [4.78, 5) is 19.3. The van der Waals surface area contributed by atoms with Gasteiger partial charge in [-0.05, 0) is 6.08 Å². The van der Waals surface area contributed by atoms with Gasteiger partial charge in [0.25, 0.3) is 0 Å². The van der Waals surface area contributed by atoms with Crippen molar-refractivity contribution < 1.29 is 9.59 Å². The first-order valence-electron chi connectivity index (χ1n) is 1.68. The Morgan fingerprint density at radius 1 is 1.71 bits per heavy atom. The van der Waals surface area contributed by atoms with E-state index in [0.29, 0.717) is 0 Å². The fourth-order valence-corrected chi connectivity index (χ4v) is 0.117. The van der Waals surface area contributed by atoms with Crippen LogP contribution in [0.25, 0.3) is 0 Å². The van der Waals surface area contributed by atoms with Crippen LogP contribution < -0.4 is 0 Å². The van der Waals surface area contributed by atoms with E-state index in [1.807, 2.05) is 0 Å². The third-order valence-electron chi connectivity index (χ3n) is 0.402. The lowest BCUT2D eigenvalue weighted by atomic mass is 10.4. The minimum absolute atomic E-state index is 0.407. The molecule has 0 heterocycles. The molecule has 0 aliphatic rings. The summed E-state index contributed by atoms with van der Waals surface area (Å²) >= 11 is 0. The molecule has 0 saturated heterocycles. The number of carbonyl (C=O) groups is 1. The molecule has 0 aliphatic carbocycles. The SMILES string of the molecule is C=CC(=O)C=C=O. The van der Waals surface area contributed by atoms with Crippen LogP contribution in [0.2, 0.25) is 0 Å². The first-order chi connectivity index (χ1) is 3.31. The first kappa shape index (κ1) is 5.86. The smallest absolute Gasteiger partial charge is 0.188 e. The second-order valence-corrected chi connectivity index (χ2v) is 0.869. The van der Waals surface area contributed by atoms with Crippen LogP contribution in [0, 0.1) is 0 Å². The molecule has 0 spiro atoms. The minimum Gasteiger partial charge on any atom is -0.289 e. The first-order valence-corrected chi connectivity index (χ1v) is 1.68. The summed E-state index contributed by atoms with van der Waals surface area (Å²) in [5.74, 6) is 0.915. The van der Waals surface area contributed by atoms with Gasteiger partial charge in [0.2, 0.25) is 0 Å². The third-order valence-corrected chi connectivity index (χ3v) is 0.402. The molecule has 0 radical (unpaired) electrons. The lowest BCUT2D eigenvalue weighted by Gasteiger charge is -1.66. The van der Waals surface area contributed by atoms with Gasteiger partial charge in [0, 0.05) is 0 Å². The topological polar surface area (TPSA) is 34.1 Å². The number of hydrogen-bond donors (Lipinski definition) is 0. The third kappa shape index (κ3) is 2.67. The highest BCUT2D eigenvalue weighted by Crippen LogP contribution is 1.67. The molecule has 0 aromatic carbocycles. The zero-order valence-corrected chi connectivity index (χ0v) is 3.68. The molecular formula is C5H4O2. The van der Waals surface area contributed by atoms with Crippen molar-refractivity contribution in [3.8, 4) is 0 Å². The fraction of sp³-hybridized carbons (Fsp3) is 0. The van der Waals surface area contributed by atoms with Crippen molar-refractivity contribution in [3.05, 3.63) is 18.7 Å². The molecule has 0 rings (SSSR count). The zero-order chi connectivity index (χ0) is 5.70. The molecule has 0 N–H and O–H groups in total. The van der Waals surface area contributed by atoms with Crippen LogP contribution >= 0.6 is 0 Å². The molecule has 0 unspecified atom stereocenters. The van der Waals surface area contributed by atoms with Crippen molar-refractivity contribution in [2.75, 3.05) is 0 Å². The van der Waals surface area contributed by atoms with Gasteiger partial charge >= 0.3 is 0 Å². The van der Waals surface area contributed by atoms with Gasteiger partial charge in [0.15, 0.2) is 5.78 Å². The van der Waals surface area contributed by atoms with E-state index in [1.54, 1.807) is 0 Å². The second-order valence-electron chi connectivity index (χ2n) is 0.869. The largest absolute Gasteiger partial charge is 0.289 e. The van der Waals surface area contributed by atoms with Crippen LogP contribution in [0.1, 0.15) is 0 Å². The van der Waals surface area contributed by atoms with Gasteiger partial charge in [-0.2, -0.15) is 0 Å². The summed E-state index contributed by atoms with van der Waals surface area (Å²) in [6, 6.07) is 0. The predicted octanol–water partition coefficient (Wildman–Crippen LogP) is 0.129. The monoisotopic (exact) mass is 96.0 g/mol. The van der Waals surface area contributed by atoms with Crippen molar-refractivity contribution in [1.29, 1.82) is 0 Å². The summed E-state index contributed by atoms with van der Waals surface area (Å²) in [7, 11) is 0. The van der Waals surface area contributed by atoms with E-state index in [9.17, 15) is 9.59 Å². The number of rotatable bonds is 2. The number of carbonyl (C=O) groups excluding carboxylic acids is 2. The van der Waals surface area contributed by atoms with Crippen LogP contribution in [0.5, 0.6) is 0 Å². The van der Waals surface area contributed by atoms with Crippen LogP contribution in [0.15, 0.2) is 18.7 Å². The minimum atomic E-state index is -0.407. The standard InChI is InChI=1S/C5H4O2/c1-2-5(7)3-4-6/h2-3H,1H2. The predicted molar refractivity (Wildman–Crippen MR) is 25.5 cm³/mol. The number of ketones is 1. The average molecular weight is 96.1 g/mol. The molecule has 7 heavy (non-hydrogen) atoms. The normalized spacial score (nSPS) is 6.29. The summed E-state index contributed by atoms with van der Waals surface area (Å²) in [6.45, 7) is 3.12. The van der Waals surface area contributed by atoms with E-state index >= 15 is 0 Å². The number of hydrogen-bond acceptors (Lipinski definition) is 2. The summed E-state index contributed by atoms with van der Waals surface area (Å²) in [6.07, 6.45) is 1.83. The molecule has 0 aliphatic heterocycles. The highest BCUT2D eigenvalue weighted by molar-refractivity contribution is 6.03. The summed E-state index contributed by atoms with van der Waals surface area (Å²) in [5, 5.41) is 0. The van der Waals surface area contributed by atoms with E-state index in [0.717, 1.165) is 12.2 Å². The fourth-order valence-electron chi connectivity index (χ4n) is 0.117. The van der Waals surface area contributed by atoms with E-state index < -0.39 is 5.78 Å². The molecule has 2 nitrogen and oxygen atoms in total. The molecular weight excluding hydrogens is 92.1 g/mol. The van der Waals surface area contributed by atoms with Crippen molar-refractivity contribution in [2.24, 2.45) is 0 Å². The molecule has 0 bridgehead atoms. The van der Waals surface area contributed by atoms with E-state index in [2.05, 4.69) is 6.58 Å². The maximum atomic E-state index is 9.98. The van der Waals surface area contributed by atoms with Gasteiger partial charge in [-0.15, -0.1) is 0 Å². The van der Waals surface area contributed by atoms with Crippen LogP contribution in [0.3, 0.4) is 0 Å². The van der Waals surface area contributed by atoms with Gasteiger partial charge in [0.1, 0.15) is 5.94 Å². The van der Waals surface area contributed by atoms with Crippen LogP contribution in [-0.4, -0.2) is 11.7 Å². The Kier molecular flexibility index (Phi) is 2.57. The van der Waals surface area contributed by atoms with Gasteiger partial charge in [-0.1, -0.05) is 6.58 Å². The Balaban J connectivity index is 3.82. The molecule has 0 saturated carbocycles. The van der Waals surface area contributed by atoms with Crippen molar-refractivity contribution in [2.45, 2.75) is 0 Å². The van der Waals surface area contributed by atoms with E-state index in [4.69, 9.17) is 0 Å².